The minimum Gasteiger partial charge on any atom is -0.449 e. The maximum absolute atomic E-state index is 11.9. The molecule has 0 aliphatic heterocycles. The summed E-state index contributed by atoms with van der Waals surface area (Å²) in [6, 6.07) is 7.00. The number of nitrogens with one attached hydrogen (secondary N) is 2. The van der Waals surface area contributed by atoms with Gasteiger partial charge in [0.1, 0.15) is 6.26 Å². The summed E-state index contributed by atoms with van der Waals surface area (Å²) >= 11 is 0. The molecule has 0 bridgehead atoms. The zero-order chi connectivity index (χ0) is 15.2. The fourth-order valence-electron chi connectivity index (χ4n) is 1.87. The zero-order valence-electron chi connectivity index (χ0n) is 12.0. The fourth-order valence-corrected chi connectivity index (χ4v) is 1.87. The van der Waals surface area contributed by atoms with Crippen LogP contribution in [0.15, 0.2) is 34.9 Å². The number of carbonyl (C=O) groups is 2. The van der Waals surface area contributed by atoms with Gasteiger partial charge in [0.15, 0.2) is 5.89 Å². The molecule has 0 spiro atoms. The molecule has 0 atom stereocenters. The molecule has 2 amide bonds. The van der Waals surface area contributed by atoms with Gasteiger partial charge >= 0.3 is 0 Å². The molecule has 0 saturated heterocycles. The van der Waals surface area contributed by atoms with Crippen molar-refractivity contribution in [3.8, 4) is 0 Å². The summed E-state index contributed by atoms with van der Waals surface area (Å²) in [7, 11) is 0. The number of amides is 2. The van der Waals surface area contributed by atoms with Crippen LogP contribution >= 0.6 is 0 Å². The first-order valence-electron chi connectivity index (χ1n) is 6.61. The fraction of sp³-hybridized carbons (Fsp3) is 0.267. The number of benzene rings is 1. The molecule has 0 aliphatic rings. The van der Waals surface area contributed by atoms with E-state index in [-0.39, 0.29) is 11.8 Å². The first kappa shape index (κ1) is 14.8. The van der Waals surface area contributed by atoms with E-state index >= 15 is 0 Å². The molecule has 0 radical (unpaired) electrons. The molecule has 6 heteroatoms. The van der Waals surface area contributed by atoms with E-state index in [4.69, 9.17) is 4.42 Å². The van der Waals surface area contributed by atoms with E-state index in [9.17, 15) is 9.59 Å². The van der Waals surface area contributed by atoms with Crippen molar-refractivity contribution in [3.05, 3.63) is 42.1 Å². The topological polar surface area (TPSA) is 84.2 Å². The normalized spacial score (nSPS) is 10.2. The molecule has 2 aromatic rings. The van der Waals surface area contributed by atoms with Crippen LogP contribution < -0.4 is 10.6 Å². The SMILES string of the molecule is CC(=O)Nc1cccc(NC(=O)CCc2coc(C)n2)c1. The van der Waals surface area contributed by atoms with Gasteiger partial charge in [-0.05, 0) is 18.2 Å². The summed E-state index contributed by atoms with van der Waals surface area (Å²) in [4.78, 5) is 27.0. The number of anilines is 2. The highest BCUT2D eigenvalue weighted by Crippen LogP contribution is 2.15. The number of aryl methyl sites for hydroxylation is 2. The van der Waals surface area contributed by atoms with Crippen molar-refractivity contribution < 1.29 is 14.0 Å². The standard InChI is InChI=1S/C15H17N3O3/c1-10(19)16-12-4-3-5-13(8-12)18-15(20)7-6-14-9-21-11(2)17-14/h3-5,8-9H,6-7H2,1-2H3,(H,16,19)(H,18,20). The Morgan fingerprint density at radius 2 is 1.95 bits per heavy atom. The minimum atomic E-state index is -0.153. The van der Waals surface area contributed by atoms with Crippen molar-refractivity contribution in [2.75, 3.05) is 10.6 Å². The monoisotopic (exact) mass is 287 g/mol. The van der Waals surface area contributed by atoms with Crippen molar-refractivity contribution in [3.63, 3.8) is 0 Å². The molecular formula is C15H17N3O3. The van der Waals surface area contributed by atoms with E-state index in [1.165, 1.54) is 6.92 Å². The Hall–Kier alpha value is -2.63. The molecule has 0 unspecified atom stereocenters. The summed E-state index contributed by atoms with van der Waals surface area (Å²) in [6.45, 7) is 3.20. The summed E-state index contributed by atoms with van der Waals surface area (Å²) < 4.78 is 5.08. The second-order valence-electron chi connectivity index (χ2n) is 4.67. The maximum atomic E-state index is 11.9. The lowest BCUT2D eigenvalue weighted by Gasteiger charge is -2.07. The van der Waals surface area contributed by atoms with Crippen LogP contribution in [0.5, 0.6) is 0 Å². The van der Waals surface area contributed by atoms with Crippen LogP contribution in [0.3, 0.4) is 0 Å². The van der Waals surface area contributed by atoms with Crippen LogP contribution in [0.25, 0.3) is 0 Å². The van der Waals surface area contributed by atoms with Gasteiger partial charge in [-0.2, -0.15) is 0 Å². The Bertz CT molecular complexity index is 649. The summed E-state index contributed by atoms with van der Waals surface area (Å²) in [5, 5.41) is 5.45. The molecule has 0 fully saturated rings. The van der Waals surface area contributed by atoms with E-state index in [1.54, 1.807) is 37.5 Å². The van der Waals surface area contributed by atoms with Gasteiger partial charge in [0.25, 0.3) is 0 Å². The molecule has 0 aliphatic carbocycles. The summed E-state index contributed by atoms with van der Waals surface area (Å²) in [5.74, 6) is 0.323. The first-order valence-corrected chi connectivity index (χ1v) is 6.61. The molecule has 1 heterocycles. The zero-order valence-corrected chi connectivity index (χ0v) is 12.0. The number of oxazole rings is 1. The lowest BCUT2D eigenvalue weighted by Crippen LogP contribution is -2.13. The number of hydrogen-bond donors (Lipinski definition) is 2. The van der Waals surface area contributed by atoms with E-state index in [0.29, 0.717) is 30.1 Å². The van der Waals surface area contributed by atoms with Gasteiger partial charge in [0, 0.05) is 38.1 Å². The predicted molar refractivity (Wildman–Crippen MR) is 78.9 cm³/mol. The van der Waals surface area contributed by atoms with Crippen molar-refractivity contribution in [1.82, 2.24) is 4.98 Å². The lowest BCUT2D eigenvalue weighted by atomic mass is 10.2. The highest BCUT2D eigenvalue weighted by molar-refractivity contribution is 5.93. The molecule has 6 nitrogen and oxygen atoms in total. The molecule has 1 aromatic carbocycles. The van der Waals surface area contributed by atoms with Crippen molar-refractivity contribution in [1.29, 1.82) is 0 Å². The third-order valence-electron chi connectivity index (χ3n) is 2.74. The van der Waals surface area contributed by atoms with E-state index < -0.39 is 0 Å². The Kier molecular flexibility index (Phi) is 4.71. The smallest absolute Gasteiger partial charge is 0.224 e. The van der Waals surface area contributed by atoms with Crippen LogP contribution in [-0.2, 0) is 16.0 Å². The highest BCUT2D eigenvalue weighted by atomic mass is 16.3. The summed E-state index contributed by atoms with van der Waals surface area (Å²) in [6.07, 6.45) is 2.39. The second kappa shape index (κ2) is 6.69. The molecule has 110 valence electrons. The van der Waals surface area contributed by atoms with E-state index in [1.807, 2.05) is 0 Å². The van der Waals surface area contributed by atoms with Gasteiger partial charge in [0.2, 0.25) is 11.8 Å². The molecular weight excluding hydrogens is 270 g/mol. The average Bonchev–Trinajstić information content (AvgIpc) is 2.82. The Balaban J connectivity index is 1.88. The minimum absolute atomic E-state index is 0.115. The number of rotatable bonds is 5. The summed E-state index contributed by atoms with van der Waals surface area (Å²) in [5.41, 5.74) is 2.05. The quantitative estimate of drug-likeness (QED) is 0.885. The van der Waals surface area contributed by atoms with Crippen LogP contribution in [0.4, 0.5) is 11.4 Å². The first-order chi connectivity index (χ1) is 10.0. The predicted octanol–water partition coefficient (Wildman–Crippen LogP) is 2.51. The van der Waals surface area contributed by atoms with Gasteiger partial charge in [-0.25, -0.2) is 4.98 Å². The van der Waals surface area contributed by atoms with Crippen LogP contribution in [0.1, 0.15) is 24.9 Å². The van der Waals surface area contributed by atoms with Gasteiger partial charge in [-0.3, -0.25) is 9.59 Å². The molecule has 2 rings (SSSR count). The second-order valence-corrected chi connectivity index (χ2v) is 4.67. The highest BCUT2D eigenvalue weighted by Gasteiger charge is 2.06. The Morgan fingerprint density at radius 1 is 1.24 bits per heavy atom. The Labute approximate surface area is 122 Å². The average molecular weight is 287 g/mol. The third kappa shape index (κ3) is 4.76. The van der Waals surface area contributed by atoms with E-state index in [0.717, 1.165) is 5.69 Å². The maximum Gasteiger partial charge on any atom is 0.224 e. The molecule has 21 heavy (non-hydrogen) atoms. The van der Waals surface area contributed by atoms with Crippen LogP contribution in [0, 0.1) is 6.92 Å². The van der Waals surface area contributed by atoms with Crippen molar-refractivity contribution >= 4 is 23.2 Å². The number of carbonyl (C=O) groups excluding carboxylic acids is 2. The largest absolute Gasteiger partial charge is 0.449 e. The van der Waals surface area contributed by atoms with Crippen molar-refractivity contribution in [2.24, 2.45) is 0 Å². The molecule has 0 saturated carbocycles. The van der Waals surface area contributed by atoms with Crippen LogP contribution in [-0.4, -0.2) is 16.8 Å². The molecule has 1 aromatic heterocycles. The van der Waals surface area contributed by atoms with Crippen molar-refractivity contribution in [2.45, 2.75) is 26.7 Å². The van der Waals surface area contributed by atoms with Gasteiger partial charge < -0.3 is 15.1 Å². The Morgan fingerprint density at radius 3 is 2.57 bits per heavy atom. The van der Waals surface area contributed by atoms with Gasteiger partial charge in [-0.1, -0.05) is 6.07 Å². The van der Waals surface area contributed by atoms with Gasteiger partial charge in [-0.15, -0.1) is 0 Å². The number of hydrogen-bond acceptors (Lipinski definition) is 4. The van der Waals surface area contributed by atoms with E-state index in [2.05, 4.69) is 15.6 Å². The van der Waals surface area contributed by atoms with Crippen LogP contribution in [0.2, 0.25) is 0 Å². The number of aromatic nitrogens is 1. The molecule has 2 N–H and O–H groups in total. The van der Waals surface area contributed by atoms with Gasteiger partial charge in [0.05, 0.1) is 5.69 Å². The lowest BCUT2D eigenvalue weighted by molar-refractivity contribution is -0.116. The number of nitrogens with zero attached hydrogens (tertiary/aromatic N) is 1. The third-order valence-corrected chi connectivity index (χ3v) is 2.74.